The molecule has 0 atom stereocenters. The highest BCUT2D eigenvalue weighted by Crippen LogP contribution is 2.23. The second-order valence-corrected chi connectivity index (χ2v) is 6.96. The summed E-state index contributed by atoms with van der Waals surface area (Å²) in [5, 5.41) is 4.85. The van der Waals surface area contributed by atoms with Crippen molar-refractivity contribution in [3.05, 3.63) is 63.8 Å². The van der Waals surface area contributed by atoms with E-state index in [0.717, 1.165) is 29.0 Å². The molecule has 0 aliphatic carbocycles. The number of aromatic nitrogens is 3. The smallest absolute Gasteiger partial charge is 0.223 e. The maximum atomic E-state index is 13.9. The van der Waals surface area contributed by atoms with Crippen LogP contribution in [0.15, 0.2) is 30.5 Å². The van der Waals surface area contributed by atoms with Gasteiger partial charge in [-0.15, -0.1) is 0 Å². The molecular weight excluding hydrogens is 355 g/mol. The van der Waals surface area contributed by atoms with Crippen LogP contribution in [0.25, 0.3) is 5.65 Å². The first-order valence-corrected chi connectivity index (χ1v) is 8.94. The number of aryl methyl sites for hydroxylation is 1. The molecule has 2 aromatic heterocycles. The summed E-state index contributed by atoms with van der Waals surface area (Å²) in [7, 11) is 0. The van der Waals surface area contributed by atoms with Crippen molar-refractivity contribution >= 4 is 23.2 Å². The molecule has 0 saturated heterocycles. The van der Waals surface area contributed by atoms with Gasteiger partial charge in [-0.25, -0.2) is 13.9 Å². The second kappa shape index (κ2) is 6.68. The SMILES string of the molecule is Cc1cc2ncc3c(n2n1)CCN(C(=O)CCc1c(F)cccc1Cl)C3. The van der Waals surface area contributed by atoms with E-state index in [0.29, 0.717) is 30.1 Å². The van der Waals surface area contributed by atoms with Gasteiger partial charge in [-0.05, 0) is 25.5 Å². The minimum absolute atomic E-state index is 0.00767. The minimum atomic E-state index is -0.366. The van der Waals surface area contributed by atoms with Gasteiger partial charge in [-0.3, -0.25) is 4.79 Å². The van der Waals surface area contributed by atoms with Gasteiger partial charge >= 0.3 is 0 Å². The number of benzene rings is 1. The zero-order valence-corrected chi connectivity index (χ0v) is 15.1. The first-order chi connectivity index (χ1) is 12.5. The molecule has 1 aliphatic heterocycles. The second-order valence-electron chi connectivity index (χ2n) is 6.55. The lowest BCUT2D eigenvalue weighted by molar-refractivity contribution is -0.132. The van der Waals surface area contributed by atoms with Crippen molar-refractivity contribution in [2.45, 2.75) is 32.7 Å². The number of halogens is 2. The van der Waals surface area contributed by atoms with Crippen LogP contribution in [-0.2, 0) is 24.2 Å². The largest absolute Gasteiger partial charge is 0.338 e. The standard InChI is InChI=1S/C19H18ClFN4O/c1-12-9-18-22-10-13-11-24(8-7-17(13)25(18)23-12)19(26)6-5-14-15(20)3-2-4-16(14)21/h2-4,9-10H,5-8,11H2,1H3. The van der Waals surface area contributed by atoms with Crippen LogP contribution in [-0.4, -0.2) is 31.9 Å². The molecule has 0 bridgehead atoms. The average Bonchev–Trinajstić information content (AvgIpc) is 3.01. The highest BCUT2D eigenvalue weighted by molar-refractivity contribution is 6.31. The van der Waals surface area contributed by atoms with Gasteiger partial charge < -0.3 is 4.90 Å². The average molecular weight is 373 g/mol. The highest BCUT2D eigenvalue weighted by Gasteiger charge is 2.23. The molecule has 1 aliphatic rings. The molecule has 5 nitrogen and oxygen atoms in total. The Morgan fingerprint density at radius 2 is 2.23 bits per heavy atom. The van der Waals surface area contributed by atoms with Crippen LogP contribution in [0.3, 0.4) is 0 Å². The fraction of sp³-hybridized carbons (Fsp3) is 0.316. The number of nitrogens with zero attached hydrogens (tertiary/aromatic N) is 4. The molecule has 4 rings (SSSR count). The number of fused-ring (bicyclic) bond motifs is 3. The lowest BCUT2D eigenvalue weighted by atomic mass is 10.0. The van der Waals surface area contributed by atoms with Crippen molar-refractivity contribution in [3.63, 3.8) is 0 Å². The molecule has 0 unspecified atom stereocenters. The Labute approximate surface area is 155 Å². The van der Waals surface area contributed by atoms with Gasteiger partial charge in [0.05, 0.1) is 11.4 Å². The van der Waals surface area contributed by atoms with Crippen molar-refractivity contribution in [2.75, 3.05) is 6.54 Å². The Morgan fingerprint density at radius 1 is 1.38 bits per heavy atom. The maximum Gasteiger partial charge on any atom is 0.223 e. The molecule has 3 heterocycles. The molecule has 3 aromatic rings. The van der Waals surface area contributed by atoms with Crippen molar-refractivity contribution in [1.29, 1.82) is 0 Å². The topological polar surface area (TPSA) is 50.5 Å². The Hall–Kier alpha value is -2.47. The first kappa shape index (κ1) is 17.0. The van der Waals surface area contributed by atoms with E-state index in [2.05, 4.69) is 10.1 Å². The van der Waals surface area contributed by atoms with Crippen molar-refractivity contribution in [1.82, 2.24) is 19.5 Å². The number of carbonyl (C=O) groups is 1. The van der Waals surface area contributed by atoms with Gasteiger partial charge in [0.25, 0.3) is 0 Å². The van der Waals surface area contributed by atoms with Crippen LogP contribution in [0.4, 0.5) is 4.39 Å². The molecule has 1 amide bonds. The van der Waals surface area contributed by atoms with Crippen LogP contribution >= 0.6 is 11.6 Å². The van der Waals surface area contributed by atoms with E-state index in [1.54, 1.807) is 17.0 Å². The highest BCUT2D eigenvalue weighted by atomic mass is 35.5. The van der Waals surface area contributed by atoms with E-state index in [9.17, 15) is 9.18 Å². The zero-order chi connectivity index (χ0) is 18.3. The van der Waals surface area contributed by atoms with E-state index in [-0.39, 0.29) is 18.1 Å². The van der Waals surface area contributed by atoms with Crippen LogP contribution < -0.4 is 0 Å². The molecule has 7 heteroatoms. The molecule has 0 saturated carbocycles. The lowest BCUT2D eigenvalue weighted by Gasteiger charge is -2.29. The fourth-order valence-electron chi connectivity index (χ4n) is 3.43. The predicted octanol–water partition coefficient (Wildman–Crippen LogP) is 3.35. The van der Waals surface area contributed by atoms with Crippen molar-refractivity contribution in [3.8, 4) is 0 Å². The molecular formula is C19H18ClFN4O. The van der Waals surface area contributed by atoms with Crippen LogP contribution in [0.5, 0.6) is 0 Å². The normalized spacial score (nSPS) is 13.9. The molecule has 26 heavy (non-hydrogen) atoms. The zero-order valence-electron chi connectivity index (χ0n) is 14.4. The summed E-state index contributed by atoms with van der Waals surface area (Å²) in [6.07, 6.45) is 3.07. The third kappa shape index (κ3) is 3.05. The summed E-state index contributed by atoms with van der Waals surface area (Å²) in [6.45, 7) is 3.06. The molecule has 0 spiro atoms. The Balaban J connectivity index is 1.48. The van der Waals surface area contributed by atoms with Gasteiger partial charge in [0.1, 0.15) is 5.82 Å². The third-order valence-electron chi connectivity index (χ3n) is 4.77. The van der Waals surface area contributed by atoms with Crippen LogP contribution in [0.1, 0.15) is 28.9 Å². The Kier molecular flexibility index (Phi) is 4.36. The molecule has 134 valence electrons. The third-order valence-corrected chi connectivity index (χ3v) is 5.13. The monoisotopic (exact) mass is 372 g/mol. The Bertz CT molecular complexity index is 980. The molecule has 1 aromatic carbocycles. The number of amides is 1. The number of hydrogen-bond donors (Lipinski definition) is 0. The van der Waals surface area contributed by atoms with Crippen LogP contribution in [0, 0.1) is 12.7 Å². The van der Waals surface area contributed by atoms with E-state index < -0.39 is 0 Å². The Morgan fingerprint density at radius 3 is 3.04 bits per heavy atom. The van der Waals surface area contributed by atoms with Gasteiger partial charge in [0.2, 0.25) is 5.91 Å². The van der Waals surface area contributed by atoms with E-state index in [4.69, 9.17) is 11.6 Å². The number of hydrogen-bond acceptors (Lipinski definition) is 3. The molecule has 0 fully saturated rings. The summed E-state index contributed by atoms with van der Waals surface area (Å²) in [5.74, 6) is -0.373. The van der Waals surface area contributed by atoms with Gasteiger partial charge in [-0.1, -0.05) is 17.7 Å². The number of rotatable bonds is 3. The maximum absolute atomic E-state index is 13.9. The summed E-state index contributed by atoms with van der Waals surface area (Å²) in [5.41, 5.74) is 4.25. The van der Waals surface area contributed by atoms with Crippen molar-refractivity contribution in [2.24, 2.45) is 0 Å². The van der Waals surface area contributed by atoms with Gasteiger partial charge in [0.15, 0.2) is 5.65 Å². The van der Waals surface area contributed by atoms with E-state index in [1.165, 1.54) is 6.07 Å². The van der Waals surface area contributed by atoms with Crippen molar-refractivity contribution < 1.29 is 9.18 Å². The minimum Gasteiger partial charge on any atom is -0.338 e. The quantitative estimate of drug-likeness (QED) is 0.708. The summed E-state index contributed by atoms with van der Waals surface area (Å²) >= 11 is 6.04. The predicted molar refractivity (Wildman–Crippen MR) is 96.6 cm³/mol. The first-order valence-electron chi connectivity index (χ1n) is 8.57. The molecule has 0 N–H and O–H groups in total. The van der Waals surface area contributed by atoms with E-state index >= 15 is 0 Å². The fourth-order valence-corrected chi connectivity index (χ4v) is 3.69. The number of carbonyl (C=O) groups excluding carboxylic acids is 1. The van der Waals surface area contributed by atoms with Gasteiger partial charge in [-0.2, -0.15) is 5.10 Å². The van der Waals surface area contributed by atoms with E-state index in [1.807, 2.05) is 23.7 Å². The lowest BCUT2D eigenvalue weighted by Crippen LogP contribution is -2.37. The van der Waals surface area contributed by atoms with Gasteiger partial charge in [0, 0.05) is 54.3 Å². The summed E-state index contributed by atoms with van der Waals surface area (Å²) in [4.78, 5) is 18.8. The summed E-state index contributed by atoms with van der Waals surface area (Å²) < 4.78 is 15.7. The summed E-state index contributed by atoms with van der Waals surface area (Å²) in [6, 6.07) is 6.52. The molecule has 0 radical (unpaired) electrons. The van der Waals surface area contributed by atoms with Crippen LogP contribution in [0.2, 0.25) is 5.02 Å².